The molecule has 27 heavy (non-hydrogen) atoms. The van der Waals surface area contributed by atoms with Crippen molar-refractivity contribution in [2.45, 2.75) is 37.8 Å². The Kier molecular flexibility index (Phi) is 4.55. The highest BCUT2D eigenvalue weighted by molar-refractivity contribution is 5.98. The van der Waals surface area contributed by atoms with Crippen molar-refractivity contribution in [3.8, 4) is 0 Å². The predicted molar refractivity (Wildman–Crippen MR) is 102 cm³/mol. The zero-order chi connectivity index (χ0) is 18.8. The molecule has 7 N–H and O–H groups in total. The van der Waals surface area contributed by atoms with E-state index in [4.69, 9.17) is 11.5 Å². The number of carbonyl (C=O) groups excluding carboxylic acids is 1. The second kappa shape index (κ2) is 7.16. The summed E-state index contributed by atoms with van der Waals surface area (Å²) in [6.07, 6.45) is 5.72. The van der Waals surface area contributed by atoms with Gasteiger partial charge in [0.05, 0.1) is 17.5 Å². The number of nitrogens with one attached hydrogen (secondary N) is 3. The normalized spacial score (nSPS) is 19.7. The van der Waals surface area contributed by atoms with Crippen molar-refractivity contribution in [2.24, 2.45) is 11.5 Å². The first-order valence-electron chi connectivity index (χ1n) is 8.87. The smallest absolute Gasteiger partial charge is 0.273 e. The number of hydrogen-bond acceptors (Lipinski definition) is 8. The number of carbonyl (C=O) groups is 1. The third-order valence-corrected chi connectivity index (χ3v) is 4.76. The number of amides is 1. The van der Waals surface area contributed by atoms with Crippen LogP contribution in [0.15, 0.2) is 24.5 Å². The number of nitrogens with two attached hydrogens (primary N) is 2. The Bertz CT molecular complexity index is 970. The van der Waals surface area contributed by atoms with Crippen molar-refractivity contribution in [1.82, 2.24) is 25.1 Å². The average molecular weight is 367 g/mol. The molecule has 0 aliphatic heterocycles. The molecule has 1 fully saturated rings. The molecular formula is C17H21N9O. The zero-order valence-corrected chi connectivity index (χ0v) is 14.6. The van der Waals surface area contributed by atoms with Gasteiger partial charge in [0, 0.05) is 12.1 Å². The Morgan fingerprint density at radius 3 is 2.89 bits per heavy atom. The van der Waals surface area contributed by atoms with Crippen LogP contribution in [0, 0.1) is 0 Å². The van der Waals surface area contributed by atoms with Crippen LogP contribution in [0.5, 0.6) is 0 Å². The Morgan fingerprint density at radius 1 is 1.22 bits per heavy atom. The minimum Gasteiger partial charge on any atom is -0.364 e. The van der Waals surface area contributed by atoms with Crippen LogP contribution in [-0.2, 0) is 0 Å². The predicted octanol–water partition coefficient (Wildman–Crippen LogP) is 1.27. The van der Waals surface area contributed by atoms with Gasteiger partial charge < -0.3 is 27.1 Å². The number of benzene rings is 1. The van der Waals surface area contributed by atoms with Gasteiger partial charge in [0.2, 0.25) is 5.95 Å². The first kappa shape index (κ1) is 17.2. The molecular weight excluding hydrogens is 346 g/mol. The first-order valence-corrected chi connectivity index (χ1v) is 8.87. The fourth-order valence-electron chi connectivity index (χ4n) is 3.34. The van der Waals surface area contributed by atoms with Gasteiger partial charge in [-0.2, -0.15) is 4.98 Å². The molecule has 0 radical (unpaired) electrons. The lowest BCUT2D eigenvalue weighted by atomic mass is 9.91. The molecule has 1 aliphatic carbocycles. The van der Waals surface area contributed by atoms with Gasteiger partial charge in [0.15, 0.2) is 11.5 Å². The highest BCUT2D eigenvalue weighted by Gasteiger charge is 2.23. The molecule has 10 heteroatoms. The molecule has 140 valence electrons. The van der Waals surface area contributed by atoms with E-state index in [2.05, 4.69) is 35.8 Å². The van der Waals surface area contributed by atoms with Gasteiger partial charge in [-0.3, -0.25) is 4.79 Å². The van der Waals surface area contributed by atoms with Gasteiger partial charge in [-0.1, -0.05) is 18.9 Å². The first-order chi connectivity index (χ1) is 13.1. The van der Waals surface area contributed by atoms with Crippen molar-refractivity contribution in [3.63, 3.8) is 0 Å². The van der Waals surface area contributed by atoms with Gasteiger partial charge in [0.25, 0.3) is 5.91 Å². The monoisotopic (exact) mass is 367 g/mol. The Balaban J connectivity index is 1.65. The third kappa shape index (κ3) is 3.51. The molecule has 0 bridgehead atoms. The fourth-order valence-corrected chi connectivity index (χ4v) is 3.34. The third-order valence-electron chi connectivity index (χ3n) is 4.76. The van der Waals surface area contributed by atoms with Crippen LogP contribution in [0.25, 0.3) is 11.0 Å². The van der Waals surface area contributed by atoms with Crippen LogP contribution in [0.2, 0.25) is 0 Å². The van der Waals surface area contributed by atoms with Crippen LogP contribution < -0.4 is 22.1 Å². The number of hydrogen-bond donors (Lipinski definition) is 5. The molecule has 1 amide bonds. The summed E-state index contributed by atoms with van der Waals surface area (Å²) < 4.78 is 0. The summed E-state index contributed by atoms with van der Waals surface area (Å²) in [6.45, 7) is 0. The van der Waals surface area contributed by atoms with E-state index in [1.807, 2.05) is 18.2 Å². The molecule has 10 nitrogen and oxygen atoms in total. The van der Waals surface area contributed by atoms with E-state index in [1.54, 1.807) is 6.33 Å². The maximum absolute atomic E-state index is 11.8. The van der Waals surface area contributed by atoms with Crippen LogP contribution in [-0.4, -0.2) is 43.1 Å². The second-order valence-corrected chi connectivity index (χ2v) is 6.63. The van der Waals surface area contributed by atoms with E-state index in [0.29, 0.717) is 11.6 Å². The van der Waals surface area contributed by atoms with Crippen molar-refractivity contribution < 1.29 is 4.79 Å². The van der Waals surface area contributed by atoms with Crippen LogP contribution >= 0.6 is 0 Å². The summed E-state index contributed by atoms with van der Waals surface area (Å²) in [5.74, 6) is -0.188. The highest BCUT2D eigenvalue weighted by atomic mass is 16.1. The lowest BCUT2D eigenvalue weighted by Crippen LogP contribution is -2.43. The number of anilines is 3. The molecule has 1 aromatic carbocycles. The summed E-state index contributed by atoms with van der Waals surface area (Å²) >= 11 is 0. The average Bonchev–Trinajstić information content (AvgIpc) is 3.13. The molecule has 1 saturated carbocycles. The largest absolute Gasteiger partial charge is 0.364 e. The number of aromatic nitrogens is 5. The van der Waals surface area contributed by atoms with E-state index >= 15 is 0 Å². The number of fused-ring (bicyclic) bond motifs is 1. The number of H-pyrrole nitrogens is 1. The number of imidazole rings is 1. The maximum atomic E-state index is 11.8. The number of aromatic amines is 1. The summed E-state index contributed by atoms with van der Waals surface area (Å²) in [4.78, 5) is 23.5. The molecule has 4 rings (SSSR count). The molecule has 1 aliphatic rings. The minimum atomic E-state index is -0.715. The number of para-hydroxylation sites is 1. The molecule has 0 saturated heterocycles. The number of nitrogens with zero attached hydrogens (tertiary/aromatic N) is 4. The van der Waals surface area contributed by atoms with Crippen molar-refractivity contribution in [2.75, 3.05) is 10.6 Å². The highest BCUT2D eigenvalue weighted by Crippen LogP contribution is 2.25. The number of primary amides is 1. The quantitative estimate of drug-likeness (QED) is 0.450. The Morgan fingerprint density at radius 2 is 2.07 bits per heavy atom. The minimum absolute atomic E-state index is 0.0346. The standard InChI is InChI=1S/C17H21N9O/c18-9-4-1-2-5-10(9)23-17-24-16(14(15(19)27)25-26-17)22-12-7-3-6-11-13(12)21-8-20-11/h3,6-10H,1-2,4-5,18H2,(H2,19,27)(H,20,21)(H2,22,23,24,26)/t9-,10+/m0/s1. The van der Waals surface area contributed by atoms with Gasteiger partial charge in [-0.15, -0.1) is 10.2 Å². The van der Waals surface area contributed by atoms with E-state index in [1.165, 1.54) is 0 Å². The maximum Gasteiger partial charge on any atom is 0.273 e. The molecule has 2 heterocycles. The van der Waals surface area contributed by atoms with Crippen molar-refractivity contribution in [1.29, 1.82) is 0 Å². The topological polar surface area (TPSA) is 161 Å². The summed E-state index contributed by atoms with van der Waals surface area (Å²) in [5.41, 5.74) is 13.8. The van der Waals surface area contributed by atoms with Crippen LogP contribution in [0.3, 0.4) is 0 Å². The lowest BCUT2D eigenvalue weighted by Gasteiger charge is -2.29. The van der Waals surface area contributed by atoms with Gasteiger partial charge in [0.1, 0.15) is 5.52 Å². The molecule has 0 spiro atoms. The van der Waals surface area contributed by atoms with Crippen molar-refractivity contribution >= 4 is 34.4 Å². The molecule has 3 aromatic rings. The second-order valence-electron chi connectivity index (χ2n) is 6.63. The number of rotatable bonds is 5. The van der Waals surface area contributed by atoms with Gasteiger partial charge in [-0.25, -0.2) is 4.98 Å². The van der Waals surface area contributed by atoms with E-state index in [-0.39, 0.29) is 23.6 Å². The van der Waals surface area contributed by atoms with E-state index in [0.717, 1.165) is 36.7 Å². The zero-order valence-electron chi connectivity index (χ0n) is 14.6. The lowest BCUT2D eigenvalue weighted by molar-refractivity contribution is 0.0995. The van der Waals surface area contributed by atoms with Crippen LogP contribution in [0.1, 0.15) is 36.2 Å². The summed E-state index contributed by atoms with van der Waals surface area (Å²) in [5, 5.41) is 14.3. The fraction of sp³-hybridized carbons (Fsp3) is 0.353. The van der Waals surface area contributed by atoms with E-state index < -0.39 is 5.91 Å². The SMILES string of the molecule is NC(=O)c1nnc(N[C@@H]2CCCC[C@@H]2N)nc1Nc1cccc2[nH]cnc12. The van der Waals surface area contributed by atoms with E-state index in [9.17, 15) is 4.79 Å². The van der Waals surface area contributed by atoms with Gasteiger partial charge in [-0.05, 0) is 25.0 Å². The summed E-state index contributed by atoms with van der Waals surface area (Å²) in [7, 11) is 0. The van der Waals surface area contributed by atoms with Crippen LogP contribution in [0.4, 0.5) is 17.5 Å². The van der Waals surface area contributed by atoms with Gasteiger partial charge >= 0.3 is 0 Å². The Labute approximate surface area is 155 Å². The Hall–Kier alpha value is -3.27. The molecule has 2 aromatic heterocycles. The van der Waals surface area contributed by atoms with Crippen molar-refractivity contribution in [3.05, 3.63) is 30.2 Å². The molecule has 2 atom stereocenters. The molecule has 0 unspecified atom stereocenters. The summed E-state index contributed by atoms with van der Waals surface area (Å²) in [6, 6.07) is 5.70.